The van der Waals surface area contributed by atoms with Crippen molar-refractivity contribution in [2.24, 2.45) is 10.9 Å². The Bertz CT molecular complexity index is 339. The molecule has 1 aromatic rings. The van der Waals surface area contributed by atoms with E-state index in [1.54, 1.807) is 0 Å². The van der Waals surface area contributed by atoms with Gasteiger partial charge in [0.2, 0.25) is 0 Å². The number of nitrogens with zero attached hydrogens (tertiary/aromatic N) is 1. The number of para-hydroxylation sites is 1. The van der Waals surface area contributed by atoms with Crippen LogP contribution < -0.4 is 0 Å². The highest BCUT2D eigenvalue weighted by Crippen LogP contribution is 2.30. The Labute approximate surface area is 86.2 Å². The minimum atomic E-state index is 0.498. The van der Waals surface area contributed by atoms with Gasteiger partial charge >= 0.3 is 0 Å². The van der Waals surface area contributed by atoms with Crippen molar-refractivity contribution in [2.75, 3.05) is 0 Å². The zero-order chi connectivity index (χ0) is 10.6. The second-order valence-electron chi connectivity index (χ2n) is 3.51. The average Bonchev–Trinajstić information content (AvgIpc) is 2.26. The summed E-state index contributed by atoms with van der Waals surface area (Å²) in [7, 11) is 0. The van der Waals surface area contributed by atoms with Crippen molar-refractivity contribution < 1.29 is 0 Å². The van der Waals surface area contributed by atoms with Crippen molar-refractivity contribution in [1.82, 2.24) is 0 Å². The first kappa shape index (κ1) is 10.7. The molecule has 0 aliphatic rings. The van der Waals surface area contributed by atoms with Gasteiger partial charge in [-0.1, -0.05) is 38.6 Å². The lowest BCUT2D eigenvalue weighted by molar-refractivity contribution is 0.719. The van der Waals surface area contributed by atoms with E-state index in [1.807, 2.05) is 18.2 Å². The number of benzene rings is 1. The summed E-state index contributed by atoms with van der Waals surface area (Å²) >= 11 is 0. The highest BCUT2D eigenvalue weighted by Gasteiger charge is 2.09. The lowest BCUT2D eigenvalue weighted by Gasteiger charge is -2.14. The number of allylic oxidation sites excluding steroid dienone is 1. The molecule has 1 aromatic carbocycles. The molecule has 1 rings (SSSR count). The molecule has 1 heteroatoms. The molecule has 1 nitrogen and oxygen atoms in total. The van der Waals surface area contributed by atoms with E-state index in [4.69, 9.17) is 0 Å². The van der Waals surface area contributed by atoms with E-state index in [2.05, 4.69) is 38.2 Å². The van der Waals surface area contributed by atoms with Gasteiger partial charge in [-0.2, -0.15) is 0 Å². The molecule has 74 valence electrons. The number of aliphatic imine (C=N–C) groups is 1. The maximum atomic E-state index is 4.12. The smallest absolute Gasteiger partial charge is 0.0697 e. The third-order valence-corrected chi connectivity index (χ3v) is 2.63. The molecule has 0 fully saturated rings. The van der Waals surface area contributed by atoms with Crippen molar-refractivity contribution >= 4 is 18.0 Å². The van der Waals surface area contributed by atoms with Gasteiger partial charge in [-0.3, -0.25) is 4.99 Å². The second kappa shape index (κ2) is 4.75. The van der Waals surface area contributed by atoms with Gasteiger partial charge in [-0.05, 0) is 30.7 Å². The summed E-state index contributed by atoms with van der Waals surface area (Å²) in [5, 5.41) is 0. The Balaban J connectivity index is 3.05. The molecule has 0 spiro atoms. The molecule has 0 aromatic heterocycles. The minimum absolute atomic E-state index is 0.498. The van der Waals surface area contributed by atoms with E-state index < -0.39 is 0 Å². The van der Waals surface area contributed by atoms with Gasteiger partial charge in [0, 0.05) is 5.56 Å². The fraction of sp³-hybridized carbons (Fsp3) is 0.308. The van der Waals surface area contributed by atoms with Crippen molar-refractivity contribution in [1.29, 1.82) is 0 Å². The molecule has 0 bridgehead atoms. The summed E-state index contributed by atoms with van der Waals surface area (Å²) in [6.45, 7) is 12.0. The Morgan fingerprint density at radius 3 is 2.64 bits per heavy atom. The van der Waals surface area contributed by atoms with Gasteiger partial charge in [-0.15, -0.1) is 0 Å². The van der Waals surface area contributed by atoms with Crippen LogP contribution >= 0.6 is 0 Å². The molecule has 0 saturated heterocycles. The number of hydrogen-bond acceptors (Lipinski definition) is 1. The minimum Gasteiger partial charge on any atom is -0.264 e. The first-order chi connectivity index (χ1) is 6.70. The Kier molecular flexibility index (Phi) is 3.63. The average molecular weight is 187 g/mol. The lowest BCUT2D eigenvalue weighted by Crippen LogP contribution is -1.95. The third kappa shape index (κ3) is 2.11. The highest BCUT2D eigenvalue weighted by atomic mass is 14.7. The highest BCUT2D eigenvalue weighted by molar-refractivity contribution is 5.75. The normalized spacial score (nSPS) is 12.1. The van der Waals surface area contributed by atoms with Crippen molar-refractivity contribution in [3.05, 3.63) is 36.4 Å². The molecule has 14 heavy (non-hydrogen) atoms. The zero-order valence-corrected chi connectivity index (χ0v) is 8.96. The third-order valence-electron chi connectivity index (χ3n) is 2.63. The van der Waals surface area contributed by atoms with Crippen LogP contribution in [0.1, 0.15) is 25.8 Å². The Hall–Kier alpha value is -1.37. The molecule has 0 radical (unpaired) electrons. The number of rotatable bonds is 4. The summed E-state index contributed by atoms with van der Waals surface area (Å²) in [5.41, 5.74) is 3.20. The Morgan fingerprint density at radius 2 is 2.07 bits per heavy atom. The first-order valence-corrected chi connectivity index (χ1v) is 4.95. The van der Waals surface area contributed by atoms with Crippen molar-refractivity contribution in [3.63, 3.8) is 0 Å². The summed E-state index contributed by atoms with van der Waals surface area (Å²) in [6, 6.07) is 8.00. The van der Waals surface area contributed by atoms with Crippen LogP contribution in [0.5, 0.6) is 0 Å². The van der Waals surface area contributed by atoms with Crippen LogP contribution in [0.4, 0.5) is 5.69 Å². The fourth-order valence-electron chi connectivity index (χ4n) is 1.39. The van der Waals surface area contributed by atoms with E-state index in [0.29, 0.717) is 5.92 Å². The molecule has 1 unspecified atom stereocenters. The van der Waals surface area contributed by atoms with Crippen molar-refractivity contribution in [3.8, 4) is 0 Å². The van der Waals surface area contributed by atoms with E-state index in [0.717, 1.165) is 23.2 Å². The standard InChI is InChI=1S/C13H17N/c1-5-10(2)11(3)12-8-6-7-9-13(12)14-4/h6-10H,3-5H2,1-2H3. The molecule has 0 aliphatic carbocycles. The number of hydrogen-bond donors (Lipinski definition) is 0. The molecule has 1 atom stereocenters. The predicted molar refractivity (Wildman–Crippen MR) is 64.1 cm³/mol. The van der Waals surface area contributed by atoms with E-state index in [9.17, 15) is 0 Å². The summed E-state index contributed by atoms with van der Waals surface area (Å²) in [4.78, 5) is 4.00. The van der Waals surface area contributed by atoms with Gasteiger partial charge < -0.3 is 0 Å². The Morgan fingerprint density at radius 1 is 1.43 bits per heavy atom. The van der Waals surface area contributed by atoms with Crippen LogP contribution in [0.2, 0.25) is 0 Å². The SMILES string of the molecule is C=Nc1ccccc1C(=C)C(C)CC. The van der Waals surface area contributed by atoms with Gasteiger partial charge in [-0.25, -0.2) is 0 Å². The quantitative estimate of drug-likeness (QED) is 0.630. The van der Waals surface area contributed by atoms with E-state index in [1.165, 1.54) is 0 Å². The van der Waals surface area contributed by atoms with E-state index in [-0.39, 0.29) is 0 Å². The maximum Gasteiger partial charge on any atom is 0.0697 e. The lowest BCUT2D eigenvalue weighted by atomic mass is 9.92. The van der Waals surface area contributed by atoms with Gasteiger partial charge in [0.1, 0.15) is 0 Å². The summed E-state index contributed by atoms with van der Waals surface area (Å²) in [6.07, 6.45) is 1.10. The predicted octanol–water partition coefficient (Wildman–Crippen LogP) is 4.08. The molecular weight excluding hydrogens is 170 g/mol. The topological polar surface area (TPSA) is 12.4 Å². The van der Waals surface area contributed by atoms with Crippen LogP contribution in [0.15, 0.2) is 35.8 Å². The molecule has 0 N–H and O–H groups in total. The van der Waals surface area contributed by atoms with Crippen LogP contribution in [0.3, 0.4) is 0 Å². The first-order valence-electron chi connectivity index (χ1n) is 4.95. The van der Waals surface area contributed by atoms with Crippen LogP contribution in [0.25, 0.3) is 5.57 Å². The van der Waals surface area contributed by atoms with Gasteiger partial charge in [0.05, 0.1) is 5.69 Å². The van der Waals surface area contributed by atoms with E-state index >= 15 is 0 Å². The molecule has 0 amide bonds. The van der Waals surface area contributed by atoms with Gasteiger partial charge in [0.25, 0.3) is 0 Å². The van der Waals surface area contributed by atoms with Crippen molar-refractivity contribution in [2.45, 2.75) is 20.3 Å². The van der Waals surface area contributed by atoms with Gasteiger partial charge in [0.15, 0.2) is 0 Å². The largest absolute Gasteiger partial charge is 0.264 e. The summed E-state index contributed by atoms with van der Waals surface area (Å²) in [5.74, 6) is 0.498. The van der Waals surface area contributed by atoms with Crippen LogP contribution in [-0.2, 0) is 0 Å². The second-order valence-corrected chi connectivity index (χ2v) is 3.51. The summed E-state index contributed by atoms with van der Waals surface area (Å²) < 4.78 is 0. The molecular formula is C13H17N. The molecule has 0 heterocycles. The molecule has 0 aliphatic heterocycles. The monoisotopic (exact) mass is 187 g/mol. The zero-order valence-electron chi connectivity index (χ0n) is 8.96. The van der Waals surface area contributed by atoms with Crippen LogP contribution in [0, 0.1) is 5.92 Å². The maximum absolute atomic E-state index is 4.12. The molecule has 0 saturated carbocycles. The van der Waals surface area contributed by atoms with Crippen LogP contribution in [-0.4, -0.2) is 6.72 Å². The fourth-order valence-corrected chi connectivity index (χ4v) is 1.39.